The third-order valence-corrected chi connectivity index (χ3v) is 8.52. The van der Waals surface area contributed by atoms with Crippen LogP contribution in [-0.2, 0) is 0 Å². The number of aromatic nitrogens is 3. The van der Waals surface area contributed by atoms with Gasteiger partial charge in [0.25, 0.3) is 0 Å². The Morgan fingerprint density at radius 3 is 1.76 bits per heavy atom. The molecule has 45 heavy (non-hydrogen) atoms. The van der Waals surface area contributed by atoms with Crippen LogP contribution < -0.4 is 0 Å². The Kier molecular flexibility index (Phi) is 5.78. The van der Waals surface area contributed by atoms with Crippen LogP contribution in [0.25, 0.3) is 88.8 Å². The molecule has 0 aliphatic carbocycles. The molecule has 0 fully saturated rings. The Morgan fingerprint density at radius 2 is 0.956 bits per heavy atom. The maximum Gasteiger partial charge on any atom is 0.164 e. The van der Waals surface area contributed by atoms with Gasteiger partial charge in [-0.15, -0.1) is 0 Å². The first-order chi connectivity index (χ1) is 22.3. The molecule has 2 aromatic heterocycles. The number of nitrogens with zero attached hydrogens (tertiary/aromatic N) is 3. The summed E-state index contributed by atoms with van der Waals surface area (Å²) < 4.78 is 6.47. The Labute approximate surface area is 259 Å². The van der Waals surface area contributed by atoms with Crippen LogP contribution in [0.3, 0.4) is 0 Å². The van der Waals surface area contributed by atoms with Gasteiger partial charge < -0.3 is 4.42 Å². The van der Waals surface area contributed by atoms with Crippen molar-refractivity contribution in [2.24, 2.45) is 0 Å². The molecule has 210 valence electrons. The molecule has 2 heterocycles. The Balaban J connectivity index is 1.26. The predicted molar refractivity (Wildman–Crippen MR) is 184 cm³/mol. The van der Waals surface area contributed by atoms with Crippen molar-refractivity contribution >= 4 is 43.5 Å². The number of rotatable bonds is 4. The summed E-state index contributed by atoms with van der Waals surface area (Å²) in [6, 6.07) is 52.2. The lowest BCUT2D eigenvalue weighted by molar-refractivity contribution is 0.672. The van der Waals surface area contributed by atoms with Crippen LogP contribution in [0.2, 0.25) is 0 Å². The van der Waals surface area contributed by atoms with Crippen LogP contribution in [0.1, 0.15) is 0 Å². The zero-order valence-electron chi connectivity index (χ0n) is 24.2. The second-order valence-corrected chi connectivity index (χ2v) is 11.2. The van der Waals surface area contributed by atoms with Crippen molar-refractivity contribution in [2.45, 2.75) is 0 Å². The highest BCUT2D eigenvalue weighted by atomic mass is 16.3. The normalized spacial score (nSPS) is 11.6. The van der Waals surface area contributed by atoms with Gasteiger partial charge >= 0.3 is 0 Å². The number of benzene rings is 7. The van der Waals surface area contributed by atoms with Crippen molar-refractivity contribution in [1.82, 2.24) is 15.0 Å². The summed E-state index contributed by atoms with van der Waals surface area (Å²) in [5.41, 5.74) is 6.80. The molecule has 0 amide bonds. The molecular formula is C41H25N3O. The fraction of sp³-hybridized carbons (Fsp3) is 0. The van der Waals surface area contributed by atoms with Crippen LogP contribution >= 0.6 is 0 Å². The third kappa shape index (κ3) is 4.27. The van der Waals surface area contributed by atoms with Gasteiger partial charge in [-0.05, 0) is 39.4 Å². The molecule has 0 saturated heterocycles. The summed E-state index contributed by atoms with van der Waals surface area (Å²) in [5.74, 6) is 1.86. The van der Waals surface area contributed by atoms with Crippen molar-refractivity contribution in [3.05, 3.63) is 152 Å². The molecule has 0 spiro atoms. The number of hydrogen-bond donors (Lipinski definition) is 0. The number of para-hydroxylation sites is 1. The lowest BCUT2D eigenvalue weighted by atomic mass is 9.97. The van der Waals surface area contributed by atoms with E-state index in [1.807, 2.05) is 60.7 Å². The summed E-state index contributed by atoms with van der Waals surface area (Å²) in [6.45, 7) is 0. The zero-order chi connectivity index (χ0) is 29.7. The van der Waals surface area contributed by atoms with Gasteiger partial charge in [-0.3, -0.25) is 0 Å². The van der Waals surface area contributed by atoms with E-state index in [4.69, 9.17) is 19.4 Å². The van der Waals surface area contributed by atoms with Gasteiger partial charge in [0.15, 0.2) is 17.5 Å². The van der Waals surface area contributed by atoms with Crippen LogP contribution in [0.15, 0.2) is 156 Å². The second-order valence-electron chi connectivity index (χ2n) is 11.2. The first-order valence-corrected chi connectivity index (χ1v) is 15.0. The molecule has 0 unspecified atom stereocenters. The maximum absolute atomic E-state index is 6.47. The average Bonchev–Trinajstić information content (AvgIpc) is 3.51. The summed E-state index contributed by atoms with van der Waals surface area (Å²) in [5, 5.41) is 6.63. The fourth-order valence-corrected chi connectivity index (χ4v) is 6.35. The maximum atomic E-state index is 6.47. The highest BCUT2D eigenvalue weighted by molar-refractivity contribution is 6.20. The quantitative estimate of drug-likeness (QED) is 0.209. The monoisotopic (exact) mass is 575 g/mol. The van der Waals surface area contributed by atoms with E-state index in [2.05, 4.69) is 91.0 Å². The van der Waals surface area contributed by atoms with Gasteiger partial charge in [-0.25, -0.2) is 15.0 Å². The lowest BCUT2D eigenvalue weighted by Crippen LogP contribution is -2.00. The van der Waals surface area contributed by atoms with Crippen LogP contribution in [-0.4, -0.2) is 15.0 Å². The molecule has 0 aliphatic rings. The molecule has 0 bridgehead atoms. The van der Waals surface area contributed by atoms with Gasteiger partial charge in [0.05, 0.1) is 0 Å². The molecule has 0 aliphatic heterocycles. The lowest BCUT2D eigenvalue weighted by Gasteiger charge is -2.11. The van der Waals surface area contributed by atoms with Crippen molar-refractivity contribution in [2.75, 3.05) is 0 Å². The highest BCUT2D eigenvalue weighted by Crippen LogP contribution is 2.41. The van der Waals surface area contributed by atoms with E-state index in [1.54, 1.807) is 0 Å². The molecule has 9 aromatic rings. The first kappa shape index (κ1) is 25.4. The molecule has 4 heteroatoms. The molecule has 0 atom stereocenters. The summed E-state index contributed by atoms with van der Waals surface area (Å²) in [4.78, 5) is 15.2. The number of fused-ring (bicyclic) bond motifs is 6. The van der Waals surface area contributed by atoms with Crippen molar-refractivity contribution in [3.8, 4) is 45.3 Å². The van der Waals surface area contributed by atoms with Gasteiger partial charge in [0.1, 0.15) is 11.2 Å². The van der Waals surface area contributed by atoms with Crippen molar-refractivity contribution in [3.63, 3.8) is 0 Å². The van der Waals surface area contributed by atoms with E-state index in [0.29, 0.717) is 17.5 Å². The first-order valence-electron chi connectivity index (χ1n) is 15.0. The van der Waals surface area contributed by atoms with Gasteiger partial charge in [0, 0.05) is 32.8 Å². The van der Waals surface area contributed by atoms with Crippen molar-refractivity contribution < 1.29 is 4.42 Å². The minimum absolute atomic E-state index is 0.610. The minimum Gasteiger partial charge on any atom is -0.455 e. The largest absolute Gasteiger partial charge is 0.455 e. The summed E-state index contributed by atoms with van der Waals surface area (Å²) in [6.07, 6.45) is 0. The molecule has 9 rings (SSSR count). The molecule has 7 aromatic carbocycles. The fourth-order valence-electron chi connectivity index (χ4n) is 6.35. The predicted octanol–water partition coefficient (Wildman–Crippen LogP) is 10.7. The van der Waals surface area contributed by atoms with E-state index in [1.165, 1.54) is 16.3 Å². The van der Waals surface area contributed by atoms with E-state index in [-0.39, 0.29) is 0 Å². The second kappa shape index (κ2) is 10.2. The van der Waals surface area contributed by atoms with Crippen LogP contribution in [0, 0.1) is 0 Å². The van der Waals surface area contributed by atoms with Crippen LogP contribution in [0.5, 0.6) is 0 Å². The summed E-state index contributed by atoms with van der Waals surface area (Å²) in [7, 11) is 0. The third-order valence-electron chi connectivity index (χ3n) is 8.52. The van der Waals surface area contributed by atoms with Gasteiger partial charge in [-0.1, -0.05) is 140 Å². The van der Waals surface area contributed by atoms with Gasteiger partial charge in [-0.2, -0.15) is 0 Å². The topological polar surface area (TPSA) is 51.8 Å². The average molecular weight is 576 g/mol. The van der Waals surface area contributed by atoms with E-state index < -0.39 is 0 Å². The number of hydrogen-bond acceptors (Lipinski definition) is 4. The summed E-state index contributed by atoms with van der Waals surface area (Å²) >= 11 is 0. The van der Waals surface area contributed by atoms with E-state index in [0.717, 1.165) is 55.0 Å². The van der Waals surface area contributed by atoms with Crippen molar-refractivity contribution in [1.29, 1.82) is 0 Å². The molecule has 0 saturated carbocycles. The van der Waals surface area contributed by atoms with E-state index in [9.17, 15) is 0 Å². The van der Waals surface area contributed by atoms with E-state index >= 15 is 0 Å². The molecule has 0 radical (unpaired) electrons. The van der Waals surface area contributed by atoms with Gasteiger partial charge in [0.2, 0.25) is 0 Å². The Bertz CT molecular complexity index is 2530. The molecular weight excluding hydrogens is 550 g/mol. The Hall–Kier alpha value is -6.13. The van der Waals surface area contributed by atoms with Crippen LogP contribution in [0.4, 0.5) is 0 Å². The highest BCUT2D eigenvalue weighted by Gasteiger charge is 2.20. The SMILES string of the molecule is c1ccc(-c2nc(-c3ccc(-c4cccc5ccccc45)cc3)nc(-c3cc4ccccc4c4oc5ccccc5c34)n2)cc1. The minimum atomic E-state index is 0.610. The molecule has 4 nitrogen and oxygen atoms in total. The zero-order valence-corrected chi connectivity index (χ0v) is 24.2. The Morgan fingerprint density at radius 1 is 0.378 bits per heavy atom. The molecule has 0 N–H and O–H groups in total. The number of furan rings is 1. The smallest absolute Gasteiger partial charge is 0.164 e. The standard InChI is InChI=1S/C41H25N3O/c1-2-12-28(13-3-1)39-42-40(29-23-21-27(22-24-29)32-19-10-15-26-11-4-6-16-31(26)32)44-41(43-39)35-25-30-14-5-7-17-33(30)38-37(35)34-18-8-9-20-36(34)45-38/h1-25H.